The number of tetrazole rings is 1. The molecule has 0 spiro atoms. The van der Waals surface area contributed by atoms with E-state index in [2.05, 4.69) is 15.5 Å². The van der Waals surface area contributed by atoms with Crippen molar-refractivity contribution in [2.24, 2.45) is 19.8 Å². The Bertz CT molecular complexity index is 632. The van der Waals surface area contributed by atoms with Gasteiger partial charge in [-0.2, -0.15) is 0 Å². The van der Waals surface area contributed by atoms with Crippen LogP contribution in [-0.4, -0.2) is 42.2 Å². The van der Waals surface area contributed by atoms with Gasteiger partial charge in [0.25, 0.3) is 5.91 Å². The third kappa shape index (κ3) is 2.81. The number of ketones is 1. The average molecular weight is 280 g/mol. The van der Waals surface area contributed by atoms with Gasteiger partial charge >= 0.3 is 0 Å². The van der Waals surface area contributed by atoms with Crippen LogP contribution >= 0.6 is 11.8 Å². The van der Waals surface area contributed by atoms with E-state index in [1.807, 2.05) is 0 Å². The monoisotopic (exact) mass is 280 g/mol. The standard InChI is InChI=1S/C10H12N6O2S/c1-15-4-6(3-7(15)9(11)18)8(17)5-19-10-12-13-14-16(10)2/h3-4H,5H2,1-2H3,(H2,11,18). The Morgan fingerprint density at radius 2 is 2.16 bits per heavy atom. The second-order valence-corrected chi connectivity index (χ2v) is 4.83. The smallest absolute Gasteiger partial charge is 0.265 e. The van der Waals surface area contributed by atoms with Crippen molar-refractivity contribution in [3.63, 3.8) is 0 Å². The molecule has 0 radical (unpaired) electrons. The van der Waals surface area contributed by atoms with E-state index in [1.54, 1.807) is 20.3 Å². The third-order valence-corrected chi connectivity index (χ3v) is 3.50. The Hall–Kier alpha value is -2.16. The number of hydrogen-bond donors (Lipinski definition) is 1. The van der Waals surface area contributed by atoms with E-state index >= 15 is 0 Å². The number of Topliss-reactive ketones (excluding diaryl/α,β-unsaturated/α-hetero) is 1. The van der Waals surface area contributed by atoms with Crippen LogP contribution in [0.15, 0.2) is 17.4 Å². The largest absolute Gasteiger partial charge is 0.364 e. The number of nitrogens with two attached hydrogens (primary N) is 1. The van der Waals surface area contributed by atoms with Gasteiger partial charge in [-0.3, -0.25) is 9.59 Å². The summed E-state index contributed by atoms with van der Waals surface area (Å²) in [6, 6.07) is 1.49. The fourth-order valence-corrected chi connectivity index (χ4v) is 2.26. The van der Waals surface area contributed by atoms with Crippen molar-refractivity contribution in [2.75, 3.05) is 5.75 Å². The van der Waals surface area contributed by atoms with E-state index in [1.165, 1.54) is 27.1 Å². The molecule has 0 unspecified atom stereocenters. The Morgan fingerprint density at radius 3 is 2.68 bits per heavy atom. The third-order valence-electron chi connectivity index (χ3n) is 2.49. The second-order valence-electron chi connectivity index (χ2n) is 3.89. The van der Waals surface area contributed by atoms with Gasteiger partial charge in [0.05, 0.1) is 5.75 Å². The van der Waals surface area contributed by atoms with Crippen LogP contribution in [0, 0.1) is 0 Å². The number of nitrogens with zero attached hydrogens (tertiary/aromatic N) is 5. The van der Waals surface area contributed by atoms with Crippen LogP contribution in [0.3, 0.4) is 0 Å². The van der Waals surface area contributed by atoms with Crippen molar-refractivity contribution in [3.05, 3.63) is 23.5 Å². The van der Waals surface area contributed by atoms with Crippen molar-refractivity contribution >= 4 is 23.5 Å². The Labute approximate surface area is 113 Å². The molecule has 9 heteroatoms. The minimum absolute atomic E-state index is 0.115. The number of aryl methyl sites for hydroxylation is 2. The molecular formula is C10H12N6O2S. The van der Waals surface area contributed by atoms with Crippen LogP contribution < -0.4 is 5.73 Å². The quantitative estimate of drug-likeness (QED) is 0.591. The number of carbonyl (C=O) groups is 2. The lowest BCUT2D eigenvalue weighted by molar-refractivity contribution is 0.0991. The summed E-state index contributed by atoms with van der Waals surface area (Å²) in [5, 5.41) is 11.5. The zero-order valence-electron chi connectivity index (χ0n) is 10.4. The van der Waals surface area contributed by atoms with Gasteiger partial charge in [0, 0.05) is 25.9 Å². The molecule has 19 heavy (non-hydrogen) atoms. The zero-order valence-corrected chi connectivity index (χ0v) is 11.2. The maximum atomic E-state index is 12.0. The fourth-order valence-electron chi connectivity index (χ4n) is 1.52. The van der Waals surface area contributed by atoms with Crippen LogP contribution in [0.5, 0.6) is 0 Å². The normalized spacial score (nSPS) is 10.6. The second kappa shape index (κ2) is 5.22. The molecule has 0 aliphatic heterocycles. The van der Waals surface area contributed by atoms with E-state index < -0.39 is 5.91 Å². The van der Waals surface area contributed by atoms with Gasteiger partial charge in [-0.05, 0) is 16.5 Å². The number of carbonyl (C=O) groups excluding carboxylic acids is 2. The number of rotatable bonds is 5. The van der Waals surface area contributed by atoms with E-state index in [0.717, 1.165) is 0 Å². The molecule has 0 atom stereocenters. The summed E-state index contributed by atoms with van der Waals surface area (Å²) in [5.41, 5.74) is 5.94. The SMILES string of the molecule is Cn1cc(C(=O)CSc2nnnn2C)cc1C(N)=O. The topological polar surface area (TPSA) is 109 Å². The predicted molar refractivity (Wildman–Crippen MR) is 67.8 cm³/mol. The summed E-state index contributed by atoms with van der Waals surface area (Å²) < 4.78 is 3.02. The fraction of sp³-hybridized carbons (Fsp3) is 0.300. The van der Waals surface area contributed by atoms with E-state index in [4.69, 9.17) is 5.73 Å². The van der Waals surface area contributed by atoms with Gasteiger partial charge in [0.15, 0.2) is 5.78 Å². The molecule has 0 fully saturated rings. The zero-order chi connectivity index (χ0) is 14.0. The van der Waals surface area contributed by atoms with E-state index in [-0.39, 0.29) is 11.5 Å². The molecule has 0 bridgehead atoms. The van der Waals surface area contributed by atoms with Crippen molar-refractivity contribution in [2.45, 2.75) is 5.16 Å². The van der Waals surface area contributed by atoms with E-state index in [9.17, 15) is 9.59 Å². The summed E-state index contributed by atoms with van der Waals surface area (Å²) >= 11 is 1.23. The van der Waals surface area contributed by atoms with Gasteiger partial charge in [-0.25, -0.2) is 4.68 Å². The first kappa shape index (κ1) is 13.3. The van der Waals surface area contributed by atoms with Gasteiger partial charge < -0.3 is 10.3 Å². The van der Waals surface area contributed by atoms with Crippen LogP contribution in [0.2, 0.25) is 0 Å². The minimum atomic E-state index is -0.563. The number of amides is 1. The molecule has 0 saturated heterocycles. The summed E-state index contributed by atoms with van der Waals surface area (Å²) in [7, 11) is 3.36. The van der Waals surface area contributed by atoms with Gasteiger partial charge in [0.1, 0.15) is 5.69 Å². The van der Waals surface area contributed by atoms with Crippen LogP contribution in [0.1, 0.15) is 20.8 Å². The average Bonchev–Trinajstić information content (AvgIpc) is 2.92. The lowest BCUT2D eigenvalue weighted by Gasteiger charge is -1.97. The highest BCUT2D eigenvalue weighted by Gasteiger charge is 2.15. The molecule has 8 nitrogen and oxygen atoms in total. The highest BCUT2D eigenvalue weighted by Crippen LogP contribution is 2.16. The predicted octanol–water partition coefficient (Wildman–Crippen LogP) is -0.377. The summed E-state index contributed by atoms with van der Waals surface area (Å²) in [5.74, 6) is -0.487. The lowest BCUT2D eigenvalue weighted by atomic mass is 10.2. The maximum absolute atomic E-state index is 12.0. The number of aromatic nitrogens is 5. The molecule has 2 N–H and O–H groups in total. The molecule has 0 aliphatic carbocycles. The van der Waals surface area contributed by atoms with Gasteiger partial charge in [0.2, 0.25) is 5.16 Å². The molecule has 0 aliphatic rings. The van der Waals surface area contributed by atoms with Gasteiger partial charge in [-0.1, -0.05) is 11.8 Å². The van der Waals surface area contributed by atoms with Crippen molar-refractivity contribution in [3.8, 4) is 0 Å². The molecular weight excluding hydrogens is 268 g/mol. The highest BCUT2D eigenvalue weighted by atomic mass is 32.2. The maximum Gasteiger partial charge on any atom is 0.265 e. The van der Waals surface area contributed by atoms with Crippen molar-refractivity contribution < 1.29 is 9.59 Å². The summed E-state index contributed by atoms with van der Waals surface area (Å²) in [6.07, 6.45) is 1.58. The highest BCUT2D eigenvalue weighted by molar-refractivity contribution is 7.99. The molecule has 0 aromatic carbocycles. The van der Waals surface area contributed by atoms with Crippen molar-refractivity contribution in [1.29, 1.82) is 0 Å². The van der Waals surface area contributed by atoms with Crippen LogP contribution in [0.25, 0.3) is 0 Å². The first-order chi connectivity index (χ1) is 8.99. The molecule has 2 aromatic rings. The van der Waals surface area contributed by atoms with E-state index in [0.29, 0.717) is 16.4 Å². The van der Waals surface area contributed by atoms with Gasteiger partial charge in [-0.15, -0.1) is 5.10 Å². The van der Waals surface area contributed by atoms with Crippen molar-refractivity contribution in [1.82, 2.24) is 24.8 Å². The van der Waals surface area contributed by atoms with Crippen LogP contribution in [0.4, 0.5) is 0 Å². The number of primary amides is 1. The number of thioether (sulfide) groups is 1. The molecule has 2 aromatic heterocycles. The Kier molecular flexibility index (Phi) is 3.65. The summed E-state index contributed by atoms with van der Waals surface area (Å²) in [4.78, 5) is 23.1. The Morgan fingerprint density at radius 1 is 1.42 bits per heavy atom. The molecule has 100 valence electrons. The Balaban J connectivity index is 2.06. The molecule has 2 heterocycles. The van der Waals surface area contributed by atoms with Crippen LogP contribution in [-0.2, 0) is 14.1 Å². The minimum Gasteiger partial charge on any atom is -0.364 e. The molecule has 2 rings (SSSR count). The number of hydrogen-bond acceptors (Lipinski definition) is 6. The molecule has 0 saturated carbocycles. The lowest BCUT2D eigenvalue weighted by Crippen LogP contribution is -2.14. The first-order valence-corrected chi connectivity index (χ1v) is 6.32. The molecule has 1 amide bonds. The first-order valence-electron chi connectivity index (χ1n) is 5.33. The summed E-state index contributed by atoms with van der Waals surface area (Å²) in [6.45, 7) is 0.